The number of hydrogen-bond acceptors (Lipinski definition) is 2. The summed E-state index contributed by atoms with van der Waals surface area (Å²) in [5.41, 5.74) is 0. The minimum atomic E-state index is 0.0806. The van der Waals surface area contributed by atoms with Gasteiger partial charge in [0.05, 0.1) is 12.5 Å². The first-order valence-corrected chi connectivity index (χ1v) is 10.8. The first-order valence-electron chi connectivity index (χ1n) is 10.8. The molecule has 0 spiro atoms. The fraction of sp³-hybridized carbons (Fsp3) is 0.955. The lowest BCUT2D eigenvalue weighted by Gasteiger charge is -2.37. The molecule has 0 heterocycles. The van der Waals surface area contributed by atoms with E-state index >= 15 is 0 Å². The van der Waals surface area contributed by atoms with E-state index in [-0.39, 0.29) is 11.9 Å². The highest BCUT2D eigenvalue weighted by Crippen LogP contribution is 2.42. The van der Waals surface area contributed by atoms with Gasteiger partial charge in [0.25, 0.3) is 0 Å². The highest BCUT2D eigenvalue weighted by molar-refractivity contribution is 5.72. The summed E-state index contributed by atoms with van der Waals surface area (Å²) in [4.78, 5) is 12.2. The van der Waals surface area contributed by atoms with Crippen LogP contribution in [-0.2, 0) is 9.53 Å². The molecule has 0 aliphatic heterocycles. The summed E-state index contributed by atoms with van der Waals surface area (Å²) < 4.78 is 5.53. The topological polar surface area (TPSA) is 26.3 Å². The molecule has 2 rings (SSSR count). The van der Waals surface area contributed by atoms with Crippen LogP contribution in [0, 0.1) is 29.6 Å². The van der Waals surface area contributed by atoms with Gasteiger partial charge in [0.2, 0.25) is 0 Å². The fourth-order valence-corrected chi connectivity index (χ4v) is 4.73. The molecule has 2 fully saturated rings. The van der Waals surface area contributed by atoms with E-state index in [9.17, 15) is 4.79 Å². The molecular weight excluding hydrogens is 296 g/mol. The van der Waals surface area contributed by atoms with Gasteiger partial charge in [0, 0.05) is 0 Å². The number of unbranched alkanes of at least 4 members (excludes halogenated alkanes) is 1. The molecule has 140 valence electrons. The zero-order valence-electron chi connectivity index (χ0n) is 16.4. The first kappa shape index (κ1) is 19.8. The Bertz CT molecular complexity index is 349. The van der Waals surface area contributed by atoms with Gasteiger partial charge >= 0.3 is 5.97 Å². The second kappa shape index (κ2) is 10.5. The van der Waals surface area contributed by atoms with Gasteiger partial charge in [-0.25, -0.2) is 0 Å². The summed E-state index contributed by atoms with van der Waals surface area (Å²) in [6.45, 7) is 7.22. The number of esters is 1. The number of carbonyl (C=O) groups is 1. The van der Waals surface area contributed by atoms with Crippen molar-refractivity contribution >= 4 is 5.97 Å². The van der Waals surface area contributed by atoms with Gasteiger partial charge in [-0.3, -0.25) is 4.79 Å². The van der Waals surface area contributed by atoms with Crippen LogP contribution >= 0.6 is 0 Å². The van der Waals surface area contributed by atoms with Crippen LogP contribution in [0.4, 0.5) is 0 Å². The van der Waals surface area contributed by atoms with E-state index in [1.807, 2.05) is 0 Å². The fourth-order valence-electron chi connectivity index (χ4n) is 4.73. The third-order valence-corrected chi connectivity index (χ3v) is 6.84. The second-order valence-corrected chi connectivity index (χ2v) is 8.68. The SMILES string of the molecule is CCCCC1CCC(C2CCC(C(=O)OC[C@H](C)CC)CC2)CC1. The summed E-state index contributed by atoms with van der Waals surface area (Å²) in [7, 11) is 0. The second-order valence-electron chi connectivity index (χ2n) is 8.68. The Morgan fingerprint density at radius 3 is 2.08 bits per heavy atom. The van der Waals surface area contributed by atoms with Crippen molar-refractivity contribution in [2.24, 2.45) is 29.6 Å². The van der Waals surface area contributed by atoms with Crippen molar-refractivity contribution in [2.45, 2.75) is 97.8 Å². The minimum absolute atomic E-state index is 0.0806. The maximum atomic E-state index is 12.2. The predicted octanol–water partition coefficient (Wildman–Crippen LogP) is 6.38. The maximum Gasteiger partial charge on any atom is 0.308 e. The standard InChI is InChI=1S/C22H40O2/c1-4-6-7-18-8-10-19(11-9-18)20-12-14-21(15-13-20)22(23)24-16-17(3)5-2/h17-21H,4-16H2,1-3H3/t17-,18?,19?,20?,21?/m1/s1. The third-order valence-electron chi connectivity index (χ3n) is 6.84. The van der Waals surface area contributed by atoms with Crippen LogP contribution in [0.1, 0.15) is 97.8 Å². The van der Waals surface area contributed by atoms with Gasteiger partial charge in [0.1, 0.15) is 0 Å². The van der Waals surface area contributed by atoms with Gasteiger partial charge in [-0.05, 0) is 62.2 Å². The van der Waals surface area contributed by atoms with E-state index in [1.54, 1.807) is 0 Å². The van der Waals surface area contributed by atoms with Gasteiger partial charge in [-0.1, -0.05) is 59.3 Å². The van der Waals surface area contributed by atoms with Crippen molar-refractivity contribution in [1.29, 1.82) is 0 Å². The zero-order valence-corrected chi connectivity index (χ0v) is 16.4. The molecule has 0 N–H and O–H groups in total. The third kappa shape index (κ3) is 6.08. The van der Waals surface area contributed by atoms with Crippen molar-refractivity contribution in [3.05, 3.63) is 0 Å². The Morgan fingerprint density at radius 1 is 0.958 bits per heavy atom. The van der Waals surface area contributed by atoms with Gasteiger partial charge in [0.15, 0.2) is 0 Å². The summed E-state index contributed by atoms with van der Waals surface area (Å²) in [5, 5.41) is 0. The highest BCUT2D eigenvalue weighted by Gasteiger charge is 2.33. The average Bonchev–Trinajstić information content (AvgIpc) is 2.64. The average molecular weight is 337 g/mol. The molecule has 0 amide bonds. The molecule has 2 aliphatic rings. The Balaban J connectivity index is 1.65. The molecule has 24 heavy (non-hydrogen) atoms. The quantitative estimate of drug-likeness (QED) is 0.481. The monoisotopic (exact) mass is 336 g/mol. The number of ether oxygens (including phenoxy) is 1. The molecular formula is C22H40O2. The van der Waals surface area contributed by atoms with Crippen LogP contribution in [0.25, 0.3) is 0 Å². The van der Waals surface area contributed by atoms with Crippen LogP contribution in [0.2, 0.25) is 0 Å². The van der Waals surface area contributed by atoms with E-state index in [4.69, 9.17) is 4.74 Å². The number of carbonyl (C=O) groups excluding carboxylic acids is 1. The Kier molecular flexibility index (Phi) is 8.62. The first-order chi connectivity index (χ1) is 11.6. The van der Waals surface area contributed by atoms with E-state index < -0.39 is 0 Å². The van der Waals surface area contributed by atoms with Crippen molar-refractivity contribution in [3.8, 4) is 0 Å². The van der Waals surface area contributed by atoms with E-state index in [0.717, 1.165) is 37.0 Å². The molecule has 2 aliphatic carbocycles. The number of rotatable bonds is 8. The largest absolute Gasteiger partial charge is 0.465 e. The molecule has 0 aromatic heterocycles. The molecule has 0 radical (unpaired) electrons. The normalized spacial score (nSPS) is 32.3. The summed E-state index contributed by atoms with van der Waals surface area (Å²) in [5.74, 6) is 3.60. The van der Waals surface area contributed by atoms with E-state index in [0.29, 0.717) is 12.5 Å². The molecule has 0 aromatic rings. The maximum absolute atomic E-state index is 12.2. The lowest BCUT2D eigenvalue weighted by Crippen LogP contribution is -2.29. The summed E-state index contributed by atoms with van der Waals surface area (Å²) in [6.07, 6.45) is 15.8. The zero-order chi connectivity index (χ0) is 17.4. The Labute approximate surface area is 150 Å². The smallest absolute Gasteiger partial charge is 0.308 e. The van der Waals surface area contributed by atoms with Crippen LogP contribution in [0.3, 0.4) is 0 Å². The van der Waals surface area contributed by atoms with Gasteiger partial charge in [-0.15, -0.1) is 0 Å². The van der Waals surface area contributed by atoms with Crippen LogP contribution in [-0.4, -0.2) is 12.6 Å². The molecule has 2 nitrogen and oxygen atoms in total. The van der Waals surface area contributed by atoms with Gasteiger partial charge < -0.3 is 4.74 Å². The highest BCUT2D eigenvalue weighted by atomic mass is 16.5. The molecule has 2 heteroatoms. The molecule has 0 aromatic carbocycles. The summed E-state index contributed by atoms with van der Waals surface area (Å²) in [6, 6.07) is 0. The molecule has 0 unspecified atom stereocenters. The molecule has 2 saturated carbocycles. The van der Waals surface area contributed by atoms with Crippen LogP contribution < -0.4 is 0 Å². The van der Waals surface area contributed by atoms with E-state index in [1.165, 1.54) is 57.8 Å². The molecule has 0 bridgehead atoms. The predicted molar refractivity (Wildman–Crippen MR) is 101 cm³/mol. The van der Waals surface area contributed by atoms with Crippen molar-refractivity contribution in [3.63, 3.8) is 0 Å². The van der Waals surface area contributed by atoms with E-state index in [2.05, 4.69) is 20.8 Å². The van der Waals surface area contributed by atoms with Crippen molar-refractivity contribution < 1.29 is 9.53 Å². The van der Waals surface area contributed by atoms with Crippen molar-refractivity contribution in [1.82, 2.24) is 0 Å². The Morgan fingerprint density at radius 2 is 1.54 bits per heavy atom. The minimum Gasteiger partial charge on any atom is -0.465 e. The lowest BCUT2D eigenvalue weighted by molar-refractivity contribution is -0.151. The van der Waals surface area contributed by atoms with Crippen LogP contribution in [0.5, 0.6) is 0 Å². The molecule has 1 atom stereocenters. The Hall–Kier alpha value is -0.530. The lowest BCUT2D eigenvalue weighted by atomic mass is 9.68. The van der Waals surface area contributed by atoms with Crippen molar-refractivity contribution in [2.75, 3.05) is 6.61 Å². The van der Waals surface area contributed by atoms with Crippen LogP contribution in [0.15, 0.2) is 0 Å². The van der Waals surface area contributed by atoms with Gasteiger partial charge in [-0.2, -0.15) is 0 Å². The number of hydrogen-bond donors (Lipinski definition) is 0. The summed E-state index contributed by atoms with van der Waals surface area (Å²) >= 11 is 0. The molecule has 0 saturated heterocycles.